The molecule has 0 N–H and O–H groups in total. The van der Waals surface area contributed by atoms with Gasteiger partial charge in [-0.1, -0.05) is 127 Å². The van der Waals surface area contributed by atoms with Gasteiger partial charge in [-0.2, -0.15) is 0 Å². The molecule has 0 aliphatic heterocycles. The average molecular weight is 660 g/mol. The normalized spacial score (nSPS) is 12.1. The fourth-order valence-electron chi connectivity index (χ4n) is 7.67. The predicted octanol–water partition coefficient (Wildman–Crippen LogP) is 12.8. The monoisotopic (exact) mass is 659 g/mol. The van der Waals surface area contributed by atoms with E-state index in [1.807, 2.05) is 11.3 Å². The van der Waals surface area contributed by atoms with E-state index in [2.05, 4.69) is 156 Å². The zero-order valence-electron chi connectivity index (χ0n) is 26.1. The van der Waals surface area contributed by atoms with Crippen molar-refractivity contribution in [1.29, 1.82) is 0 Å². The van der Waals surface area contributed by atoms with Crippen LogP contribution in [0, 0.1) is 0 Å². The molecule has 0 unspecified atom stereocenters. The molecule has 7 aromatic carbocycles. The van der Waals surface area contributed by atoms with Gasteiger partial charge in [0.2, 0.25) is 0 Å². The van der Waals surface area contributed by atoms with E-state index in [0.717, 1.165) is 43.9 Å². The van der Waals surface area contributed by atoms with E-state index in [9.17, 15) is 0 Å². The second kappa shape index (κ2) is 10.3. The number of rotatable bonds is 3. The number of fused-ring (bicyclic) bond motifs is 13. The smallest absolute Gasteiger partial charge is 0.162 e. The summed E-state index contributed by atoms with van der Waals surface area (Å²) in [6.07, 6.45) is 0. The van der Waals surface area contributed by atoms with E-state index in [4.69, 9.17) is 9.97 Å². The quantitative estimate of drug-likeness (QED) is 0.189. The molecule has 0 aliphatic rings. The molecule has 49 heavy (non-hydrogen) atoms. The highest BCUT2D eigenvalue weighted by Crippen LogP contribution is 2.49. The molecule has 0 amide bonds. The van der Waals surface area contributed by atoms with Crippen molar-refractivity contribution in [2.45, 2.75) is 0 Å². The molecule has 5 heteroatoms. The van der Waals surface area contributed by atoms with Crippen LogP contribution in [0.2, 0.25) is 0 Å². The molecular formula is C44H25N3S2. The number of thiophene rings is 2. The highest BCUT2D eigenvalue weighted by Gasteiger charge is 2.25. The van der Waals surface area contributed by atoms with Crippen LogP contribution in [0.5, 0.6) is 0 Å². The Labute approximate surface area is 289 Å². The second-order valence-corrected chi connectivity index (χ2v) is 14.6. The van der Waals surface area contributed by atoms with Gasteiger partial charge in [0.1, 0.15) is 0 Å². The zero-order valence-corrected chi connectivity index (χ0v) is 27.7. The molecule has 228 valence electrons. The Kier molecular flexibility index (Phi) is 5.70. The summed E-state index contributed by atoms with van der Waals surface area (Å²) in [5.41, 5.74) is 6.65. The first kappa shape index (κ1) is 27.1. The van der Waals surface area contributed by atoms with Crippen molar-refractivity contribution < 1.29 is 0 Å². The number of para-hydroxylation sites is 1. The van der Waals surface area contributed by atoms with Crippen molar-refractivity contribution >= 4 is 95.7 Å². The van der Waals surface area contributed by atoms with Gasteiger partial charge in [-0.05, 0) is 40.8 Å². The Morgan fingerprint density at radius 3 is 1.88 bits per heavy atom. The van der Waals surface area contributed by atoms with Crippen LogP contribution in [0.1, 0.15) is 0 Å². The zero-order chi connectivity index (χ0) is 32.1. The third-order valence-corrected chi connectivity index (χ3v) is 12.1. The van der Waals surface area contributed by atoms with E-state index in [1.54, 1.807) is 11.3 Å². The molecule has 11 rings (SSSR count). The SMILES string of the molecule is c1ccc(-c2cccc(-c3nc(-n4c5ccccc5c5c6sc7ccccc7c6c6ccccc6c54)c4sc5ccccc5c4n3)c2)cc1. The second-order valence-electron chi connectivity index (χ2n) is 12.5. The molecule has 3 nitrogen and oxygen atoms in total. The van der Waals surface area contributed by atoms with E-state index >= 15 is 0 Å². The molecule has 0 atom stereocenters. The van der Waals surface area contributed by atoms with Crippen molar-refractivity contribution in [1.82, 2.24) is 14.5 Å². The van der Waals surface area contributed by atoms with Gasteiger partial charge in [-0.3, -0.25) is 4.57 Å². The van der Waals surface area contributed by atoms with Gasteiger partial charge in [0.15, 0.2) is 11.6 Å². The molecular weight excluding hydrogens is 635 g/mol. The minimum Gasteiger partial charge on any atom is -0.292 e. The summed E-state index contributed by atoms with van der Waals surface area (Å²) in [5, 5.41) is 8.82. The van der Waals surface area contributed by atoms with Crippen LogP contribution in [0.3, 0.4) is 0 Å². The summed E-state index contributed by atoms with van der Waals surface area (Å²) < 4.78 is 7.36. The molecule has 0 bridgehead atoms. The number of nitrogens with zero attached hydrogens (tertiary/aromatic N) is 3. The van der Waals surface area contributed by atoms with Crippen LogP contribution < -0.4 is 0 Å². The summed E-state index contributed by atoms with van der Waals surface area (Å²) in [5.74, 6) is 1.64. The molecule has 4 aromatic heterocycles. The Morgan fingerprint density at radius 1 is 0.429 bits per heavy atom. The van der Waals surface area contributed by atoms with E-state index < -0.39 is 0 Å². The van der Waals surface area contributed by atoms with Gasteiger partial charge in [-0.25, -0.2) is 9.97 Å². The van der Waals surface area contributed by atoms with Gasteiger partial charge in [0.05, 0.1) is 21.3 Å². The van der Waals surface area contributed by atoms with Crippen LogP contribution in [-0.2, 0) is 0 Å². The fourth-order valence-corrected chi connectivity index (χ4v) is 10.1. The van der Waals surface area contributed by atoms with Crippen LogP contribution >= 0.6 is 22.7 Å². The lowest BCUT2D eigenvalue weighted by atomic mass is 10.00. The summed E-state index contributed by atoms with van der Waals surface area (Å²) in [4.78, 5) is 10.9. The van der Waals surface area contributed by atoms with Crippen LogP contribution in [0.4, 0.5) is 0 Å². The van der Waals surface area contributed by atoms with Gasteiger partial charge in [0, 0.05) is 52.0 Å². The van der Waals surface area contributed by atoms with Crippen molar-refractivity contribution in [3.05, 3.63) is 152 Å². The van der Waals surface area contributed by atoms with Crippen molar-refractivity contribution in [2.24, 2.45) is 0 Å². The first-order chi connectivity index (χ1) is 24.3. The lowest BCUT2D eigenvalue weighted by Crippen LogP contribution is -2.02. The largest absolute Gasteiger partial charge is 0.292 e. The molecule has 11 aromatic rings. The summed E-state index contributed by atoms with van der Waals surface area (Å²) >= 11 is 3.67. The highest BCUT2D eigenvalue weighted by molar-refractivity contribution is 7.27. The third kappa shape index (κ3) is 3.88. The number of hydrogen-bond donors (Lipinski definition) is 0. The van der Waals surface area contributed by atoms with Gasteiger partial charge < -0.3 is 0 Å². The predicted molar refractivity (Wildman–Crippen MR) is 211 cm³/mol. The number of benzene rings is 7. The maximum absolute atomic E-state index is 5.54. The maximum Gasteiger partial charge on any atom is 0.162 e. The minimum atomic E-state index is 0.724. The van der Waals surface area contributed by atoms with E-state index in [0.29, 0.717) is 0 Å². The summed E-state index contributed by atoms with van der Waals surface area (Å²) in [6, 6.07) is 54.3. The van der Waals surface area contributed by atoms with Gasteiger partial charge >= 0.3 is 0 Å². The van der Waals surface area contributed by atoms with E-state index in [-0.39, 0.29) is 0 Å². The summed E-state index contributed by atoms with van der Waals surface area (Å²) in [7, 11) is 0. The molecule has 0 aliphatic carbocycles. The number of hydrogen-bond acceptors (Lipinski definition) is 4. The summed E-state index contributed by atoms with van der Waals surface area (Å²) in [6.45, 7) is 0. The van der Waals surface area contributed by atoms with Crippen molar-refractivity contribution in [3.8, 4) is 28.3 Å². The Balaban J connectivity index is 1.32. The Morgan fingerprint density at radius 2 is 1.04 bits per heavy atom. The number of aromatic nitrogens is 3. The van der Waals surface area contributed by atoms with Gasteiger partial charge in [-0.15, -0.1) is 22.7 Å². The topological polar surface area (TPSA) is 30.7 Å². The van der Waals surface area contributed by atoms with Crippen LogP contribution in [0.15, 0.2) is 152 Å². The minimum absolute atomic E-state index is 0.724. The molecule has 0 radical (unpaired) electrons. The fraction of sp³-hybridized carbons (Fsp3) is 0. The maximum atomic E-state index is 5.54. The van der Waals surface area contributed by atoms with Gasteiger partial charge in [0.25, 0.3) is 0 Å². The highest BCUT2D eigenvalue weighted by atomic mass is 32.1. The van der Waals surface area contributed by atoms with Crippen LogP contribution in [0.25, 0.3) is 101 Å². The third-order valence-electron chi connectivity index (χ3n) is 9.79. The first-order valence-corrected chi connectivity index (χ1v) is 18.1. The van der Waals surface area contributed by atoms with E-state index in [1.165, 1.54) is 57.5 Å². The molecule has 0 fully saturated rings. The molecule has 0 saturated carbocycles. The van der Waals surface area contributed by atoms with Crippen molar-refractivity contribution in [2.75, 3.05) is 0 Å². The molecule has 0 spiro atoms. The molecule has 4 heterocycles. The first-order valence-electron chi connectivity index (χ1n) is 16.4. The standard InChI is InChI=1S/C44H25N3S2/c1-2-13-26(14-3-1)27-15-12-16-28(25-27)43-45-39-33-21-8-11-24-36(33)49-42(39)44(46-43)47-34-22-9-6-19-31(34)38-40(47)30-18-5-4-17-29(30)37-32-20-7-10-23-35(32)48-41(37)38/h1-25H. The lowest BCUT2D eigenvalue weighted by molar-refractivity contribution is 1.08. The average Bonchev–Trinajstić information content (AvgIpc) is 3.85. The van der Waals surface area contributed by atoms with Crippen LogP contribution in [-0.4, -0.2) is 14.5 Å². The Hall–Kier alpha value is -5.88. The molecule has 0 saturated heterocycles. The van der Waals surface area contributed by atoms with Crippen molar-refractivity contribution in [3.63, 3.8) is 0 Å². The lowest BCUT2D eigenvalue weighted by Gasteiger charge is -2.13. The Bertz CT molecular complexity index is 3110.